The number of rotatable bonds is 5. The molecule has 0 spiro atoms. The van der Waals surface area contributed by atoms with E-state index in [1.165, 1.54) is 19.3 Å². The Morgan fingerprint density at radius 1 is 1.25 bits per heavy atom. The van der Waals surface area contributed by atoms with Crippen LogP contribution in [-0.4, -0.2) is 13.1 Å². The van der Waals surface area contributed by atoms with E-state index >= 15 is 0 Å². The monoisotopic (exact) mass is 221 g/mol. The van der Waals surface area contributed by atoms with Crippen LogP contribution in [0.5, 0.6) is 0 Å². The van der Waals surface area contributed by atoms with Gasteiger partial charge in [-0.15, -0.1) is 0 Å². The van der Waals surface area contributed by atoms with Gasteiger partial charge in [0, 0.05) is 18.5 Å². The first-order valence-electron chi connectivity index (χ1n) is 6.24. The molecule has 1 saturated heterocycles. The SMILES string of the molecule is CCCCCC1(c2ccccc2F)CNC1. The lowest BCUT2D eigenvalue weighted by molar-refractivity contribution is 0.242. The van der Waals surface area contributed by atoms with E-state index in [-0.39, 0.29) is 11.2 Å². The van der Waals surface area contributed by atoms with Crippen LogP contribution in [0.15, 0.2) is 24.3 Å². The second-order valence-electron chi connectivity index (χ2n) is 4.82. The molecule has 0 aliphatic carbocycles. The summed E-state index contributed by atoms with van der Waals surface area (Å²) in [5.74, 6) is -0.0412. The molecule has 2 rings (SSSR count). The Kier molecular flexibility index (Phi) is 3.59. The maximum absolute atomic E-state index is 13.8. The van der Waals surface area contributed by atoms with Gasteiger partial charge in [-0.2, -0.15) is 0 Å². The molecule has 2 heteroatoms. The second-order valence-corrected chi connectivity index (χ2v) is 4.82. The fraction of sp³-hybridized carbons (Fsp3) is 0.571. The molecule has 1 aromatic rings. The van der Waals surface area contributed by atoms with Crippen LogP contribution in [0.4, 0.5) is 4.39 Å². The van der Waals surface area contributed by atoms with Crippen LogP contribution < -0.4 is 5.32 Å². The topological polar surface area (TPSA) is 12.0 Å². The normalized spacial score (nSPS) is 18.1. The average molecular weight is 221 g/mol. The smallest absolute Gasteiger partial charge is 0.127 e. The van der Waals surface area contributed by atoms with Crippen molar-refractivity contribution in [3.05, 3.63) is 35.6 Å². The molecule has 1 aliphatic rings. The van der Waals surface area contributed by atoms with Crippen molar-refractivity contribution < 1.29 is 4.39 Å². The molecule has 88 valence electrons. The summed E-state index contributed by atoms with van der Waals surface area (Å²) in [6.07, 6.45) is 4.78. The molecule has 0 atom stereocenters. The Balaban J connectivity index is 2.12. The van der Waals surface area contributed by atoms with Gasteiger partial charge in [-0.1, -0.05) is 44.4 Å². The van der Waals surface area contributed by atoms with E-state index < -0.39 is 0 Å². The fourth-order valence-corrected chi connectivity index (χ4v) is 2.53. The van der Waals surface area contributed by atoms with Crippen LogP contribution in [-0.2, 0) is 5.41 Å². The van der Waals surface area contributed by atoms with Gasteiger partial charge in [0.05, 0.1) is 0 Å². The lowest BCUT2D eigenvalue weighted by Crippen LogP contribution is -2.57. The third kappa shape index (κ3) is 2.12. The van der Waals surface area contributed by atoms with Gasteiger partial charge in [-0.05, 0) is 18.1 Å². The summed E-state index contributed by atoms with van der Waals surface area (Å²) in [7, 11) is 0. The van der Waals surface area contributed by atoms with Crippen molar-refractivity contribution >= 4 is 0 Å². The van der Waals surface area contributed by atoms with E-state index in [0.29, 0.717) is 0 Å². The first-order valence-corrected chi connectivity index (χ1v) is 6.24. The molecule has 1 fully saturated rings. The van der Waals surface area contributed by atoms with Crippen molar-refractivity contribution in [1.29, 1.82) is 0 Å². The molecule has 0 radical (unpaired) electrons. The predicted octanol–water partition coefficient (Wildman–Crippen LogP) is 3.25. The van der Waals surface area contributed by atoms with Crippen molar-refractivity contribution in [3.63, 3.8) is 0 Å². The first-order chi connectivity index (χ1) is 7.78. The maximum Gasteiger partial charge on any atom is 0.127 e. The van der Waals surface area contributed by atoms with E-state index in [4.69, 9.17) is 0 Å². The van der Waals surface area contributed by atoms with Gasteiger partial charge in [0.25, 0.3) is 0 Å². The Morgan fingerprint density at radius 2 is 2.00 bits per heavy atom. The summed E-state index contributed by atoms with van der Waals surface area (Å²) in [6.45, 7) is 4.06. The molecule has 1 nitrogen and oxygen atoms in total. The highest BCUT2D eigenvalue weighted by Gasteiger charge is 2.39. The van der Waals surface area contributed by atoms with Crippen molar-refractivity contribution in [2.45, 2.75) is 38.0 Å². The summed E-state index contributed by atoms with van der Waals surface area (Å²) < 4.78 is 13.8. The van der Waals surface area contributed by atoms with Gasteiger partial charge in [0.1, 0.15) is 5.82 Å². The van der Waals surface area contributed by atoms with Gasteiger partial charge in [-0.25, -0.2) is 4.39 Å². The molecule has 0 bridgehead atoms. The molecular formula is C14H20FN. The molecule has 0 aromatic heterocycles. The van der Waals surface area contributed by atoms with E-state index in [1.54, 1.807) is 12.1 Å². The molecule has 1 aromatic carbocycles. The Hall–Kier alpha value is -0.890. The zero-order valence-corrected chi connectivity index (χ0v) is 9.93. The molecule has 0 unspecified atom stereocenters. The van der Waals surface area contributed by atoms with Gasteiger partial charge in [0.15, 0.2) is 0 Å². The fourth-order valence-electron chi connectivity index (χ4n) is 2.53. The predicted molar refractivity (Wildman–Crippen MR) is 65.1 cm³/mol. The first kappa shape index (κ1) is 11.6. The van der Waals surface area contributed by atoms with E-state index in [1.807, 2.05) is 12.1 Å². The van der Waals surface area contributed by atoms with Gasteiger partial charge in [0.2, 0.25) is 0 Å². The Labute approximate surface area is 97.1 Å². The molecule has 16 heavy (non-hydrogen) atoms. The minimum absolute atomic E-state index is 0.0412. The van der Waals surface area contributed by atoms with Crippen molar-refractivity contribution in [2.24, 2.45) is 0 Å². The molecule has 1 aliphatic heterocycles. The van der Waals surface area contributed by atoms with Gasteiger partial charge >= 0.3 is 0 Å². The van der Waals surface area contributed by atoms with Crippen LogP contribution in [0.25, 0.3) is 0 Å². The molecule has 0 amide bonds. The van der Waals surface area contributed by atoms with Crippen molar-refractivity contribution in [3.8, 4) is 0 Å². The zero-order chi connectivity index (χ0) is 11.4. The lowest BCUT2D eigenvalue weighted by Gasteiger charge is -2.43. The van der Waals surface area contributed by atoms with E-state index in [2.05, 4.69) is 12.2 Å². The highest BCUT2D eigenvalue weighted by Crippen LogP contribution is 2.35. The minimum Gasteiger partial charge on any atom is -0.315 e. The summed E-state index contributed by atoms with van der Waals surface area (Å²) >= 11 is 0. The van der Waals surface area contributed by atoms with Crippen molar-refractivity contribution in [2.75, 3.05) is 13.1 Å². The standard InChI is InChI=1S/C14H20FN/c1-2-3-6-9-14(10-16-11-14)12-7-4-5-8-13(12)15/h4-5,7-8,16H,2-3,6,9-11H2,1H3. The minimum atomic E-state index is -0.0412. The van der Waals surface area contributed by atoms with Crippen LogP contribution in [0.2, 0.25) is 0 Å². The third-order valence-electron chi connectivity index (χ3n) is 3.63. The summed E-state index contributed by atoms with van der Waals surface area (Å²) in [5.41, 5.74) is 0.977. The number of hydrogen-bond acceptors (Lipinski definition) is 1. The zero-order valence-electron chi connectivity index (χ0n) is 9.93. The van der Waals surface area contributed by atoms with Crippen LogP contribution >= 0.6 is 0 Å². The molecule has 1 N–H and O–H groups in total. The third-order valence-corrected chi connectivity index (χ3v) is 3.63. The van der Waals surface area contributed by atoms with E-state index in [9.17, 15) is 4.39 Å². The molecule has 1 heterocycles. The van der Waals surface area contributed by atoms with E-state index in [0.717, 1.165) is 25.1 Å². The largest absolute Gasteiger partial charge is 0.315 e. The Bertz CT molecular complexity index is 344. The summed E-state index contributed by atoms with van der Waals surface area (Å²) in [6, 6.07) is 7.24. The number of nitrogens with one attached hydrogen (secondary N) is 1. The number of benzene rings is 1. The number of halogens is 1. The molecular weight excluding hydrogens is 201 g/mol. The van der Waals surface area contributed by atoms with Gasteiger partial charge < -0.3 is 5.32 Å². The van der Waals surface area contributed by atoms with Crippen LogP contribution in [0, 0.1) is 5.82 Å². The second kappa shape index (κ2) is 4.96. The highest BCUT2D eigenvalue weighted by atomic mass is 19.1. The lowest BCUT2D eigenvalue weighted by atomic mass is 9.71. The Morgan fingerprint density at radius 3 is 2.56 bits per heavy atom. The van der Waals surface area contributed by atoms with Crippen LogP contribution in [0.1, 0.15) is 38.2 Å². The van der Waals surface area contributed by atoms with Crippen molar-refractivity contribution in [1.82, 2.24) is 5.32 Å². The molecule has 0 saturated carbocycles. The number of hydrogen-bond donors (Lipinski definition) is 1. The quantitative estimate of drug-likeness (QED) is 0.753. The average Bonchev–Trinajstić information content (AvgIpc) is 2.24. The highest BCUT2D eigenvalue weighted by molar-refractivity contribution is 5.31. The summed E-state index contributed by atoms with van der Waals surface area (Å²) in [4.78, 5) is 0. The van der Waals surface area contributed by atoms with Gasteiger partial charge in [-0.3, -0.25) is 0 Å². The summed E-state index contributed by atoms with van der Waals surface area (Å²) in [5, 5.41) is 3.29. The maximum atomic E-state index is 13.8. The number of unbranched alkanes of at least 4 members (excludes halogenated alkanes) is 2. The van der Waals surface area contributed by atoms with Crippen LogP contribution in [0.3, 0.4) is 0 Å².